The lowest BCUT2D eigenvalue weighted by molar-refractivity contribution is -0.126. The van der Waals surface area contributed by atoms with Crippen LogP contribution in [0, 0.1) is 12.8 Å². The fourth-order valence-electron chi connectivity index (χ4n) is 4.12. The summed E-state index contributed by atoms with van der Waals surface area (Å²) in [7, 11) is 3.09. The number of benzene rings is 3. The van der Waals surface area contributed by atoms with Gasteiger partial charge in [0.15, 0.2) is 0 Å². The van der Waals surface area contributed by atoms with E-state index in [2.05, 4.69) is 10.6 Å². The highest BCUT2D eigenvalue weighted by Gasteiger charge is 2.36. The van der Waals surface area contributed by atoms with Crippen molar-refractivity contribution in [2.75, 3.05) is 31.0 Å². The fourth-order valence-corrected chi connectivity index (χ4v) is 4.12. The Labute approximate surface area is 210 Å². The predicted molar refractivity (Wildman–Crippen MR) is 137 cm³/mol. The Morgan fingerprint density at radius 1 is 1.00 bits per heavy atom. The molecule has 0 saturated carbocycles. The van der Waals surface area contributed by atoms with Gasteiger partial charge in [-0.2, -0.15) is 0 Å². The third-order valence-corrected chi connectivity index (χ3v) is 6.14. The first-order chi connectivity index (χ1) is 17.4. The van der Waals surface area contributed by atoms with Crippen molar-refractivity contribution in [1.29, 1.82) is 0 Å². The SMILES string of the molecule is COc1ccc(OC)c(N2CC(C(=O)NCc3cccc(NC(=O)c4ccc(C)cc4)c3)CC2=O)c1. The fraction of sp³-hybridized carbons (Fsp3) is 0.250. The minimum atomic E-state index is -0.488. The van der Waals surface area contributed by atoms with Crippen LogP contribution < -0.4 is 25.0 Å². The Kier molecular flexibility index (Phi) is 7.53. The van der Waals surface area contributed by atoms with Crippen molar-refractivity contribution in [2.45, 2.75) is 19.9 Å². The highest BCUT2D eigenvalue weighted by atomic mass is 16.5. The number of nitrogens with one attached hydrogen (secondary N) is 2. The zero-order valence-corrected chi connectivity index (χ0v) is 20.5. The molecular formula is C28H29N3O5. The number of nitrogens with zero attached hydrogens (tertiary/aromatic N) is 1. The lowest BCUT2D eigenvalue weighted by Crippen LogP contribution is -2.32. The van der Waals surface area contributed by atoms with Crippen molar-refractivity contribution in [1.82, 2.24) is 5.32 Å². The van der Waals surface area contributed by atoms with Crippen LogP contribution in [0.5, 0.6) is 11.5 Å². The maximum Gasteiger partial charge on any atom is 0.255 e. The van der Waals surface area contributed by atoms with Crippen LogP contribution in [-0.2, 0) is 16.1 Å². The van der Waals surface area contributed by atoms with Gasteiger partial charge in [-0.15, -0.1) is 0 Å². The van der Waals surface area contributed by atoms with Crippen molar-refractivity contribution in [2.24, 2.45) is 5.92 Å². The Balaban J connectivity index is 1.36. The molecule has 0 bridgehead atoms. The molecule has 1 aliphatic heterocycles. The molecule has 2 N–H and O–H groups in total. The molecule has 4 rings (SSSR count). The van der Waals surface area contributed by atoms with Crippen LogP contribution in [0.1, 0.15) is 27.9 Å². The second kappa shape index (κ2) is 10.9. The van der Waals surface area contributed by atoms with Crippen LogP contribution in [0.25, 0.3) is 0 Å². The summed E-state index contributed by atoms with van der Waals surface area (Å²) in [6.07, 6.45) is 0.110. The van der Waals surface area contributed by atoms with Gasteiger partial charge < -0.3 is 25.0 Å². The van der Waals surface area contributed by atoms with E-state index in [9.17, 15) is 14.4 Å². The second-order valence-corrected chi connectivity index (χ2v) is 8.68. The molecule has 1 saturated heterocycles. The van der Waals surface area contributed by atoms with Crippen LogP contribution in [0.4, 0.5) is 11.4 Å². The zero-order chi connectivity index (χ0) is 25.7. The molecule has 3 aromatic rings. The van der Waals surface area contributed by atoms with Gasteiger partial charge in [0.25, 0.3) is 5.91 Å². The summed E-state index contributed by atoms with van der Waals surface area (Å²) in [5.41, 5.74) is 3.70. The van der Waals surface area contributed by atoms with E-state index in [0.29, 0.717) is 28.4 Å². The molecular weight excluding hydrogens is 458 g/mol. The first kappa shape index (κ1) is 24.8. The number of amides is 3. The van der Waals surface area contributed by atoms with Gasteiger partial charge in [0.1, 0.15) is 11.5 Å². The molecule has 8 nitrogen and oxygen atoms in total. The number of anilines is 2. The monoisotopic (exact) mass is 487 g/mol. The smallest absolute Gasteiger partial charge is 0.255 e. The molecule has 0 aliphatic carbocycles. The van der Waals surface area contributed by atoms with E-state index in [0.717, 1.165) is 11.1 Å². The molecule has 186 valence electrons. The van der Waals surface area contributed by atoms with Crippen LogP contribution in [-0.4, -0.2) is 38.5 Å². The van der Waals surface area contributed by atoms with Crippen LogP contribution >= 0.6 is 0 Å². The minimum Gasteiger partial charge on any atom is -0.497 e. The van der Waals surface area contributed by atoms with Gasteiger partial charge >= 0.3 is 0 Å². The van der Waals surface area contributed by atoms with Gasteiger partial charge in [-0.25, -0.2) is 0 Å². The number of aryl methyl sites for hydroxylation is 1. The van der Waals surface area contributed by atoms with Crippen LogP contribution in [0.3, 0.4) is 0 Å². The molecule has 1 heterocycles. The number of hydrogen-bond donors (Lipinski definition) is 2. The predicted octanol–water partition coefficient (Wildman–Crippen LogP) is 3.93. The van der Waals surface area contributed by atoms with Gasteiger partial charge in [-0.1, -0.05) is 29.8 Å². The Morgan fingerprint density at radius 3 is 2.50 bits per heavy atom. The Morgan fingerprint density at radius 2 is 1.78 bits per heavy atom. The summed E-state index contributed by atoms with van der Waals surface area (Å²) in [5.74, 6) is 0.0893. The Bertz CT molecular complexity index is 1270. The molecule has 1 atom stereocenters. The first-order valence-electron chi connectivity index (χ1n) is 11.6. The van der Waals surface area contributed by atoms with E-state index < -0.39 is 5.92 Å². The number of methoxy groups -OCH3 is 2. The molecule has 1 fully saturated rings. The van der Waals surface area contributed by atoms with E-state index in [1.807, 2.05) is 37.3 Å². The number of carbonyl (C=O) groups is 3. The number of hydrogen-bond acceptors (Lipinski definition) is 5. The molecule has 0 spiro atoms. The van der Waals surface area contributed by atoms with E-state index in [4.69, 9.17) is 9.47 Å². The average molecular weight is 488 g/mol. The summed E-state index contributed by atoms with van der Waals surface area (Å²) in [4.78, 5) is 39.7. The highest BCUT2D eigenvalue weighted by Crippen LogP contribution is 2.36. The van der Waals surface area contributed by atoms with Crippen molar-refractivity contribution in [3.05, 3.63) is 83.4 Å². The average Bonchev–Trinajstić information content (AvgIpc) is 3.28. The zero-order valence-electron chi connectivity index (χ0n) is 20.5. The summed E-state index contributed by atoms with van der Waals surface area (Å²) in [6.45, 7) is 2.50. The maximum atomic E-state index is 12.9. The third kappa shape index (κ3) is 5.66. The topological polar surface area (TPSA) is 97.0 Å². The van der Waals surface area contributed by atoms with Crippen molar-refractivity contribution < 1.29 is 23.9 Å². The second-order valence-electron chi connectivity index (χ2n) is 8.68. The van der Waals surface area contributed by atoms with Crippen molar-refractivity contribution in [3.8, 4) is 11.5 Å². The molecule has 0 aromatic heterocycles. The third-order valence-electron chi connectivity index (χ3n) is 6.14. The molecule has 1 unspecified atom stereocenters. The van der Waals surface area contributed by atoms with Gasteiger partial charge in [-0.3, -0.25) is 14.4 Å². The number of ether oxygens (including phenoxy) is 2. The highest BCUT2D eigenvalue weighted by molar-refractivity contribution is 6.04. The quantitative estimate of drug-likeness (QED) is 0.502. The molecule has 3 amide bonds. The lowest BCUT2D eigenvalue weighted by Gasteiger charge is -2.20. The van der Waals surface area contributed by atoms with Gasteiger partial charge in [0.2, 0.25) is 11.8 Å². The molecule has 8 heteroatoms. The first-order valence-corrected chi connectivity index (χ1v) is 11.6. The van der Waals surface area contributed by atoms with E-state index >= 15 is 0 Å². The minimum absolute atomic E-state index is 0.110. The van der Waals surface area contributed by atoms with E-state index in [-0.39, 0.29) is 37.2 Å². The normalized spacial score (nSPS) is 14.9. The lowest BCUT2D eigenvalue weighted by atomic mass is 10.1. The van der Waals surface area contributed by atoms with E-state index in [1.54, 1.807) is 48.4 Å². The summed E-state index contributed by atoms with van der Waals surface area (Å²) in [6, 6.07) is 19.9. The number of carbonyl (C=O) groups excluding carboxylic acids is 3. The number of rotatable bonds is 8. The van der Waals surface area contributed by atoms with Crippen LogP contribution in [0.2, 0.25) is 0 Å². The standard InChI is InChI=1S/C28H29N3O5/c1-18-7-9-20(10-8-18)28(34)30-22-6-4-5-19(13-22)16-29-27(33)21-14-26(32)31(17-21)24-15-23(35-2)11-12-25(24)36-3/h4-13,15,21H,14,16-17H2,1-3H3,(H,29,33)(H,30,34). The summed E-state index contributed by atoms with van der Waals surface area (Å²) < 4.78 is 10.7. The van der Waals surface area contributed by atoms with Gasteiger partial charge in [0, 0.05) is 36.8 Å². The van der Waals surface area contributed by atoms with Gasteiger partial charge in [0.05, 0.1) is 25.8 Å². The largest absolute Gasteiger partial charge is 0.497 e. The summed E-state index contributed by atoms with van der Waals surface area (Å²) >= 11 is 0. The molecule has 0 radical (unpaired) electrons. The molecule has 36 heavy (non-hydrogen) atoms. The molecule has 1 aliphatic rings. The van der Waals surface area contributed by atoms with Crippen LogP contribution in [0.15, 0.2) is 66.7 Å². The molecule has 3 aromatic carbocycles. The maximum absolute atomic E-state index is 12.9. The Hall–Kier alpha value is -4.33. The van der Waals surface area contributed by atoms with Crippen molar-refractivity contribution >= 4 is 29.1 Å². The summed E-state index contributed by atoms with van der Waals surface area (Å²) in [5, 5.41) is 5.80. The van der Waals surface area contributed by atoms with E-state index in [1.165, 1.54) is 7.11 Å². The van der Waals surface area contributed by atoms with Crippen molar-refractivity contribution in [3.63, 3.8) is 0 Å². The van der Waals surface area contributed by atoms with Gasteiger partial charge in [-0.05, 0) is 48.9 Å².